The summed E-state index contributed by atoms with van der Waals surface area (Å²) in [5, 5.41) is 2.03. The minimum Gasteiger partial charge on any atom is -0.463 e. The van der Waals surface area contributed by atoms with Gasteiger partial charge in [-0.1, -0.05) is 17.9 Å². The Kier molecular flexibility index (Phi) is 4.11. The summed E-state index contributed by atoms with van der Waals surface area (Å²) in [6.45, 7) is 3.91. The summed E-state index contributed by atoms with van der Waals surface area (Å²) in [5.41, 5.74) is 1.05. The molecule has 0 saturated carbocycles. The van der Waals surface area contributed by atoms with E-state index in [4.69, 9.17) is 4.74 Å². The summed E-state index contributed by atoms with van der Waals surface area (Å²) in [7, 11) is 0. The first-order chi connectivity index (χ1) is 10.9. The summed E-state index contributed by atoms with van der Waals surface area (Å²) in [6.07, 6.45) is 2.61. The molecule has 3 unspecified atom stereocenters. The van der Waals surface area contributed by atoms with Crippen molar-refractivity contribution in [1.82, 2.24) is 13.6 Å². The molecular weight excluding hydrogens is 314 g/mol. The van der Waals surface area contributed by atoms with Gasteiger partial charge >= 0.3 is 0 Å². The van der Waals surface area contributed by atoms with Crippen LogP contribution >= 0.6 is 23.1 Å². The van der Waals surface area contributed by atoms with Crippen molar-refractivity contribution in [2.75, 3.05) is 26.2 Å². The van der Waals surface area contributed by atoms with Gasteiger partial charge in [-0.05, 0) is 36.8 Å². The van der Waals surface area contributed by atoms with Crippen LogP contribution in [0.1, 0.15) is 29.3 Å². The summed E-state index contributed by atoms with van der Waals surface area (Å²) in [6, 6.07) is 4.02. The van der Waals surface area contributed by atoms with E-state index in [1.54, 1.807) is 11.3 Å². The van der Waals surface area contributed by atoms with Crippen molar-refractivity contribution < 1.29 is 4.74 Å². The van der Waals surface area contributed by atoms with Crippen LogP contribution in [0.5, 0.6) is 5.88 Å². The van der Waals surface area contributed by atoms with Gasteiger partial charge in [0.15, 0.2) is 6.61 Å². The molecule has 0 aromatic carbocycles. The first-order valence-electron chi connectivity index (χ1n) is 7.60. The van der Waals surface area contributed by atoms with Crippen molar-refractivity contribution >= 4 is 23.1 Å². The Bertz CT molecular complexity index is 686. The van der Waals surface area contributed by atoms with Gasteiger partial charge in [-0.3, -0.25) is 0 Å². The average Bonchev–Trinajstić information content (AvgIpc) is 3.25. The number of ether oxygens (including phenoxy) is 1. The third-order valence-electron chi connectivity index (χ3n) is 4.41. The predicted octanol–water partition coefficient (Wildman–Crippen LogP) is 2.84. The molecule has 2 aromatic rings. The minimum atomic E-state index is 0.372. The molecule has 2 saturated heterocycles. The Hall–Kier alpha value is -1.42. The van der Waals surface area contributed by atoms with Crippen LogP contribution in [0.15, 0.2) is 17.5 Å². The van der Waals surface area contributed by atoms with Crippen LogP contribution < -0.4 is 4.74 Å². The zero-order valence-corrected chi connectivity index (χ0v) is 13.8. The van der Waals surface area contributed by atoms with Crippen LogP contribution in [-0.2, 0) is 0 Å². The maximum Gasteiger partial charge on any atom is 0.250 e. The van der Waals surface area contributed by atoms with Crippen molar-refractivity contribution in [3.8, 4) is 17.7 Å². The van der Waals surface area contributed by atoms with E-state index >= 15 is 0 Å². The fraction of sp³-hybridized carbons (Fsp3) is 0.500. The Morgan fingerprint density at radius 2 is 2.36 bits per heavy atom. The Morgan fingerprint density at radius 1 is 1.36 bits per heavy atom. The van der Waals surface area contributed by atoms with E-state index in [0.29, 0.717) is 18.4 Å². The molecule has 0 radical (unpaired) electrons. The quantitative estimate of drug-likeness (QED) is 0.811. The summed E-state index contributed by atoms with van der Waals surface area (Å²) >= 11 is 2.90. The van der Waals surface area contributed by atoms with E-state index in [2.05, 4.69) is 25.5 Å². The zero-order chi connectivity index (χ0) is 14.8. The SMILES string of the molecule is C(#Cc1cccs1)COc1nsnc1C1CN2CCCC1C2. The number of nitrogens with zero attached hydrogens (tertiary/aromatic N) is 3. The third kappa shape index (κ3) is 2.89. The molecule has 2 aliphatic rings. The Balaban J connectivity index is 1.42. The van der Waals surface area contributed by atoms with Crippen LogP contribution in [-0.4, -0.2) is 39.9 Å². The lowest BCUT2D eigenvalue weighted by Gasteiger charge is -2.21. The van der Waals surface area contributed by atoms with Gasteiger partial charge in [0, 0.05) is 19.0 Å². The first-order valence-corrected chi connectivity index (χ1v) is 9.21. The lowest BCUT2D eigenvalue weighted by atomic mass is 9.89. The Morgan fingerprint density at radius 3 is 3.23 bits per heavy atom. The van der Waals surface area contributed by atoms with Crippen molar-refractivity contribution in [2.45, 2.75) is 18.8 Å². The minimum absolute atomic E-state index is 0.372. The highest BCUT2D eigenvalue weighted by Crippen LogP contribution is 2.40. The van der Waals surface area contributed by atoms with Gasteiger partial charge in [0.25, 0.3) is 0 Å². The van der Waals surface area contributed by atoms with Crippen LogP contribution in [0.25, 0.3) is 0 Å². The number of piperidine rings is 1. The van der Waals surface area contributed by atoms with E-state index in [1.807, 2.05) is 17.5 Å². The van der Waals surface area contributed by atoms with E-state index in [0.717, 1.165) is 23.0 Å². The molecule has 2 aliphatic heterocycles. The second-order valence-electron chi connectivity index (χ2n) is 5.79. The summed E-state index contributed by atoms with van der Waals surface area (Å²) < 4.78 is 14.6. The lowest BCUT2D eigenvalue weighted by Crippen LogP contribution is -2.25. The van der Waals surface area contributed by atoms with Crippen molar-refractivity contribution in [2.24, 2.45) is 5.92 Å². The number of hydrogen-bond donors (Lipinski definition) is 0. The van der Waals surface area contributed by atoms with Gasteiger partial charge in [-0.2, -0.15) is 4.37 Å². The first kappa shape index (κ1) is 14.2. The van der Waals surface area contributed by atoms with E-state index in [9.17, 15) is 0 Å². The smallest absolute Gasteiger partial charge is 0.250 e. The van der Waals surface area contributed by atoms with Crippen LogP contribution in [0, 0.1) is 17.8 Å². The molecule has 3 atom stereocenters. The van der Waals surface area contributed by atoms with E-state index < -0.39 is 0 Å². The number of rotatable bonds is 3. The van der Waals surface area contributed by atoms with Crippen LogP contribution in [0.4, 0.5) is 0 Å². The second-order valence-corrected chi connectivity index (χ2v) is 7.27. The highest BCUT2D eigenvalue weighted by atomic mass is 32.1. The summed E-state index contributed by atoms with van der Waals surface area (Å²) in [4.78, 5) is 3.61. The molecule has 4 heterocycles. The largest absolute Gasteiger partial charge is 0.463 e. The standard InChI is InChI=1S/C16H17N3OS2/c1-4-12-10-19(7-1)11-14(12)15-16(18-22-17-15)20-8-2-5-13-6-3-9-21-13/h3,6,9,12,14H,1,4,7-8,10-11H2. The van der Waals surface area contributed by atoms with Gasteiger partial charge < -0.3 is 9.64 Å². The fourth-order valence-corrected chi connectivity index (χ4v) is 4.57. The number of hydrogen-bond acceptors (Lipinski definition) is 6. The molecule has 6 heteroatoms. The Labute approximate surface area is 138 Å². The summed E-state index contributed by atoms with van der Waals surface area (Å²) in [5.74, 6) is 8.06. The maximum absolute atomic E-state index is 5.79. The molecule has 4 nitrogen and oxygen atoms in total. The molecule has 0 amide bonds. The fourth-order valence-electron chi connectivity index (χ4n) is 3.41. The normalized spacial score (nSPS) is 26.5. The van der Waals surface area contributed by atoms with Gasteiger partial charge in [0.05, 0.1) is 16.6 Å². The molecule has 0 spiro atoms. The van der Waals surface area contributed by atoms with Gasteiger partial charge in [-0.25, -0.2) is 0 Å². The lowest BCUT2D eigenvalue weighted by molar-refractivity contribution is 0.269. The number of thiophene rings is 1. The number of aromatic nitrogens is 2. The topological polar surface area (TPSA) is 38.3 Å². The van der Waals surface area contributed by atoms with Crippen LogP contribution in [0.2, 0.25) is 0 Å². The zero-order valence-electron chi connectivity index (χ0n) is 12.2. The molecule has 2 aromatic heterocycles. The second kappa shape index (κ2) is 6.37. The third-order valence-corrected chi connectivity index (χ3v) is 5.72. The molecule has 114 valence electrons. The van der Waals surface area contributed by atoms with E-state index in [1.165, 1.54) is 37.7 Å². The maximum atomic E-state index is 5.79. The predicted molar refractivity (Wildman–Crippen MR) is 88.5 cm³/mol. The van der Waals surface area contributed by atoms with Gasteiger partial charge in [0.1, 0.15) is 5.69 Å². The molecular formula is C16H17N3OS2. The van der Waals surface area contributed by atoms with Crippen molar-refractivity contribution in [1.29, 1.82) is 0 Å². The monoisotopic (exact) mass is 331 g/mol. The molecule has 0 N–H and O–H groups in total. The van der Waals surface area contributed by atoms with Gasteiger partial charge in [0.2, 0.25) is 5.88 Å². The van der Waals surface area contributed by atoms with Crippen LogP contribution in [0.3, 0.4) is 0 Å². The van der Waals surface area contributed by atoms with Crippen molar-refractivity contribution in [3.05, 3.63) is 28.1 Å². The number of fused-ring (bicyclic) bond motifs is 2. The molecule has 2 bridgehead atoms. The van der Waals surface area contributed by atoms with E-state index in [-0.39, 0.29) is 0 Å². The molecule has 0 aliphatic carbocycles. The highest BCUT2D eigenvalue weighted by molar-refractivity contribution is 7.10. The average molecular weight is 331 g/mol. The van der Waals surface area contributed by atoms with Crippen molar-refractivity contribution in [3.63, 3.8) is 0 Å². The molecule has 4 rings (SSSR count). The molecule has 2 fully saturated rings. The molecule has 22 heavy (non-hydrogen) atoms. The highest BCUT2D eigenvalue weighted by Gasteiger charge is 2.39. The van der Waals surface area contributed by atoms with Gasteiger partial charge in [-0.15, -0.1) is 15.7 Å².